The van der Waals surface area contributed by atoms with E-state index in [0.717, 1.165) is 20.1 Å². The van der Waals surface area contributed by atoms with Crippen LogP contribution in [0.25, 0.3) is 0 Å². The summed E-state index contributed by atoms with van der Waals surface area (Å²) in [5.41, 5.74) is -5.60. The maximum absolute atomic E-state index is 13.0. The SMILES string of the molecule is CO[C@@]12OO[C@](C)([C@@H](O)C(F)(F)F)C=C1C(=O)C(C)(C)C(=O)C2(C)C. The third-order valence-corrected chi connectivity index (χ3v) is 5.03. The molecule has 0 aromatic heterocycles. The van der Waals surface area contributed by atoms with E-state index in [2.05, 4.69) is 0 Å². The number of methoxy groups -OCH3 is 1. The second kappa shape index (κ2) is 5.35. The quantitative estimate of drug-likeness (QED) is 0.595. The number of ether oxygens (including phenoxy) is 1. The third-order valence-electron chi connectivity index (χ3n) is 5.03. The number of hydrogen-bond acceptors (Lipinski definition) is 6. The van der Waals surface area contributed by atoms with E-state index in [9.17, 15) is 27.9 Å². The van der Waals surface area contributed by atoms with Crippen LogP contribution in [0.2, 0.25) is 0 Å². The minimum Gasteiger partial charge on any atom is -0.381 e. The van der Waals surface area contributed by atoms with Crippen LogP contribution in [0.15, 0.2) is 11.6 Å². The number of carbonyl (C=O) groups excluding carboxylic acids is 2. The average Bonchev–Trinajstić information content (AvgIpc) is 2.50. The summed E-state index contributed by atoms with van der Waals surface area (Å²) in [5, 5.41) is 9.62. The molecule has 3 atom stereocenters. The molecule has 0 radical (unpaired) electrons. The van der Waals surface area contributed by atoms with Gasteiger partial charge in [-0.15, -0.1) is 0 Å². The van der Waals surface area contributed by atoms with Gasteiger partial charge in [0.05, 0.1) is 16.4 Å². The molecule has 25 heavy (non-hydrogen) atoms. The first kappa shape index (κ1) is 20.0. The van der Waals surface area contributed by atoms with Gasteiger partial charge in [0, 0.05) is 7.11 Å². The minimum atomic E-state index is -5.01. The van der Waals surface area contributed by atoms with Gasteiger partial charge in [0.25, 0.3) is 0 Å². The summed E-state index contributed by atoms with van der Waals surface area (Å²) in [5.74, 6) is -3.27. The van der Waals surface area contributed by atoms with Gasteiger partial charge >= 0.3 is 6.18 Å². The predicted octanol–water partition coefficient (Wildman–Crippen LogP) is 2.10. The van der Waals surface area contributed by atoms with Crippen molar-refractivity contribution in [3.63, 3.8) is 0 Å². The Morgan fingerprint density at radius 2 is 1.64 bits per heavy atom. The number of fused-ring (bicyclic) bond motifs is 1. The fourth-order valence-corrected chi connectivity index (χ4v) is 3.47. The molecule has 0 amide bonds. The second-order valence-electron chi connectivity index (χ2n) is 7.58. The van der Waals surface area contributed by atoms with E-state index >= 15 is 0 Å². The molecule has 6 nitrogen and oxygen atoms in total. The van der Waals surface area contributed by atoms with Crippen LogP contribution in [-0.4, -0.2) is 47.5 Å². The molecule has 2 aliphatic rings. The number of hydrogen-bond donors (Lipinski definition) is 1. The molecule has 0 bridgehead atoms. The van der Waals surface area contributed by atoms with E-state index in [1.54, 1.807) is 0 Å². The molecule has 0 spiro atoms. The average molecular weight is 366 g/mol. The van der Waals surface area contributed by atoms with Gasteiger partial charge in [-0.05, 0) is 40.7 Å². The molecule has 1 saturated carbocycles. The van der Waals surface area contributed by atoms with Crippen LogP contribution in [0.4, 0.5) is 13.2 Å². The summed E-state index contributed by atoms with van der Waals surface area (Å²) in [6.07, 6.45) is -7.11. The van der Waals surface area contributed by atoms with Crippen LogP contribution in [-0.2, 0) is 24.1 Å². The number of rotatable bonds is 2. The van der Waals surface area contributed by atoms with E-state index in [1.807, 2.05) is 0 Å². The summed E-state index contributed by atoms with van der Waals surface area (Å²) >= 11 is 0. The van der Waals surface area contributed by atoms with Crippen LogP contribution in [0, 0.1) is 10.8 Å². The normalized spacial score (nSPS) is 35.8. The van der Waals surface area contributed by atoms with Crippen molar-refractivity contribution in [3.05, 3.63) is 11.6 Å². The van der Waals surface area contributed by atoms with Gasteiger partial charge in [0.1, 0.15) is 0 Å². The Labute approximate surface area is 142 Å². The zero-order valence-corrected chi connectivity index (χ0v) is 14.8. The van der Waals surface area contributed by atoms with Crippen molar-refractivity contribution in [1.29, 1.82) is 0 Å². The lowest BCUT2D eigenvalue weighted by atomic mass is 9.57. The number of ketones is 2. The number of halogens is 3. The molecule has 1 fully saturated rings. The van der Waals surface area contributed by atoms with Crippen molar-refractivity contribution in [2.75, 3.05) is 7.11 Å². The summed E-state index contributed by atoms with van der Waals surface area (Å²) in [6.45, 7) is 6.60. The van der Waals surface area contributed by atoms with E-state index in [-0.39, 0.29) is 5.57 Å². The smallest absolute Gasteiger partial charge is 0.381 e. The molecule has 2 rings (SSSR count). The van der Waals surface area contributed by atoms with Crippen LogP contribution < -0.4 is 0 Å². The zero-order valence-electron chi connectivity index (χ0n) is 14.8. The van der Waals surface area contributed by atoms with E-state index in [0.29, 0.717) is 0 Å². The number of aliphatic hydroxyl groups excluding tert-OH is 1. The molecule has 1 aliphatic carbocycles. The van der Waals surface area contributed by atoms with E-state index < -0.39 is 46.1 Å². The topological polar surface area (TPSA) is 82.1 Å². The minimum absolute atomic E-state index is 0.290. The lowest BCUT2D eigenvalue weighted by Gasteiger charge is -2.54. The maximum atomic E-state index is 13.0. The highest BCUT2D eigenvalue weighted by atomic mass is 19.4. The molecule has 9 heteroatoms. The standard InChI is InChI=1S/C16H21F3O6/c1-12(2)9(20)8-7-14(5,11(22)16(17,18)19)24-25-15(8,23-6)13(3,4)10(12)21/h7,11,22H,1-6H3/t11-,14+,15-/m1/s1. The fourth-order valence-electron chi connectivity index (χ4n) is 3.47. The number of Topliss-reactive ketones (excluding diaryl/α,β-unsaturated/α-hetero) is 2. The molecule has 0 saturated heterocycles. The summed E-state index contributed by atoms with van der Waals surface area (Å²) < 4.78 is 44.1. The van der Waals surface area contributed by atoms with Gasteiger partial charge in [0.15, 0.2) is 23.3 Å². The first-order chi connectivity index (χ1) is 11.1. The first-order valence-corrected chi connectivity index (χ1v) is 7.58. The van der Waals surface area contributed by atoms with Crippen LogP contribution in [0.5, 0.6) is 0 Å². The Kier molecular flexibility index (Phi) is 4.29. The van der Waals surface area contributed by atoms with Gasteiger partial charge < -0.3 is 9.84 Å². The third kappa shape index (κ3) is 2.48. The number of aliphatic hydroxyl groups is 1. The molecule has 1 heterocycles. The Morgan fingerprint density at radius 1 is 1.12 bits per heavy atom. The monoisotopic (exact) mass is 366 g/mol. The molecule has 0 aromatic carbocycles. The Morgan fingerprint density at radius 3 is 2.08 bits per heavy atom. The van der Waals surface area contributed by atoms with Crippen molar-refractivity contribution >= 4 is 11.6 Å². The highest BCUT2D eigenvalue weighted by Gasteiger charge is 2.70. The van der Waals surface area contributed by atoms with Gasteiger partial charge in [-0.2, -0.15) is 18.1 Å². The number of alkyl halides is 3. The summed E-state index contributed by atoms with van der Waals surface area (Å²) in [7, 11) is 1.15. The molecular weight excluding hydrogens is 345 g/mol. The summed E-state index contributed by atoms with van der Waals surface area (Å²) in [4.78, 5) is 35.5. The van der Waals surface area contributed by atoms with Gasteiger partial charge in [-0.3, -0.25) is 9.59 Å². The first-order valence-electron chi connectivity index (χ1n) is 7.58. The highest BCUT2D eigenvalue weighted by Crippen LogP contribution is 2.55. The van der Waals surface area contributed by atoms with Gasteiger partial charge in [-0.1, -0.05) is 0 Å². The summed E-state index contributed by atoms with van der Waals surface area (Å²) in [6, 6.07) is 0. The van der Waals surface area contributed by atoms with Crippen molar-refractivity contribution in [3.8, 4) is 0 Å². The Bertz CT molecular complexity index is 651. The number of carbonyl (C=O) groups is 2. The molecule has 0 aromatic rings. The lowest BCUT2D eigenvalue weighted by Crippen LogP contribution is -2.68. The Hall–Kier alpha value is -1.29. The maximum Gasteiger partial charge on any atom is 0.417 e. The van der Waals surface area contributed by atoms with Crippen LogP contribution in [0.1, 0.15) is 34.6 Å². The molecule has 142 valence electrons. The predicted molar refractivity (Wildman–Crippen MR) is 78.0 cm³/mol. The molecule has 1 N–H and O–H groups in total. The lowest BCUT2D eigenvalue weighted by molar-refractivity contribution is -0.483. The highest BCUT2D eigenvalue weighted by molar-refractivity contribution is 6.19. The van der Waals surface area contributed by atoms with Gasteiger partial charge in [0.2, 0.25) is 5.79 Å². The van der Waals surface area contributed by atoms with E-state index in [1.165, 1.54) is 27.7 Å². The molecule has 0 unspecified atom stereocenters. The molecule has 1 aliphatic heterocycles. The van der Waals surface area contributed by atoms with Crippen LogP contribution in [0.3, 0.4) is 0 Å². The fraction of sp³-hybridized carbons (Fsp3) is 0.750. The molecular formula is C16H21F3O6. The van der Waals surface area contributed by atoms with Crippen LogP contribution >= 0.6 is 0 Å². The van der Waals surface area contributed by atoms with Crippen molar-refractivity contribution in [1.82, 2.24) is 0 Å². The second-order valence-corrected chi connectivity index (χ2v) is 7.58. The van der Waals surface area contributed by atoms with Crippen molar-refractivity contribution < 1.29 is 42.4 Å². The van der Waals surface area contributed by atoms with Crippen molar-refractivity contribution in [2.24, 2.45) is 10.8 Å². The Balaban J connectivity index is 2.72. The van der Waals surface area contributed by atoms with Gasteiger partial charge in [-0.25, -0.2) is 4.89 Å². The van der Waals surface area contributed by atoms with Crippen molar-refractivity contribution in [2.45, 2.75) is 58.3 Å². The zero-order chi connectivity index (χ0) is 19.6. The van der Waals surface area contributed by atoms with E-state index in [4.69, 9.17) is 14.5 Å². The largest absolute Gasteiger partial charge is 0.417 e.